The van der Waals surface area contributed by atoms with Gasteiger partial charge in [0.15, 0.2) is 0 Å². The molecule has 0 saturated heterocycles. The van der Waals surface area contributed by atoms with Gasteiger partial charge in [0.25, 0.3) is 5.91 Å². The number of hydrogen-bond donors (Lipinski definition) is 2. The second-order valence-electron chi connectivity index (χ2n) is 5.75. The molecule has 1 heterocycles. The van der Waals surface area contributed by atoms with Crippen LogP contribution in [0.2, 0.25) is 0 Å². The first-order chi connectivity index (χ1) is 12.0. The van der Waals surface area contributed by atoms with Crippen LogP contribution < -0.4 is 0 Å². The van der Waals surface area contributed by atoms with E-state index in [4.69, 9.17) is 5.11 Å². The number of aromatic nitrogens is 1. The molecule has 1 aromatic heterocycles. The number of pyridine rings is 1. The standard InChI is InChI=1S/C19H16N2O4/c1-21(11-13-4-2-3-12-10-20-6-5-17(12)13)18(23)14-7-15(19(24)25)9-16(22)8-14/h2-10,22H,11H2,1H3,(H,24,25). The highest BCUT2D eigenvalue weighted by Gasteiger charge is 2.16. The van der Waals surface area contributed by atoms with Gasteiger partial charge >= 0.3 is 5.97 Å². The van der Waals surface area contributed by atoms with Crippen LogP contribution in [0.3, 0.4) is 0 Å². The number of carboxylic acid groups (broad SMARTS) is 1. The molecule has 0 radical (unpaired) electrons. The summed E-state index contributed by atoms with van der Waals surface area (Å²) in [5.74, 6) is -1.83. The summed E-state index contributed by atoms with van der Waals surface area (Å²) in [5, 5.41) is 20.7. The number of aromatic hydroxyl groups is 1. The van der Waals surface area contributed by atoms with E-state index in [2.05, 4.69) is 4.98 Å². The molecular formula is C19H16N2O4. The molecule has 0 atom stereocenters. The number of carboxylic acids is 1. The fourth-order valence-corrected chi connectivity index (χ4v) is 2.73. The minimum Gasteiger partial charge on any atom is -0.508 e. The van der Waals surface area contributed by atoms with E-state index < -0.39 is 5.97 Å². The number of benzene rings is 2. The lowest BCUT2D eigenvalue weighted by Crippen LogP contribution is -2.26. The summed E-state index contributed by atoms with van der Waals surface area (Å²) in [4.78, 5) is 29.3. The van der Waals surface area contributed by atoms with Gasteiger partial charge in [-0.1, -0.05) is 18.2 Å². The van der Waals surface area contributed by atoms with E-state index >= 15 is 0 Å². The zero-order chi connectivity index (χ0) is 18.0. The Bertz CT molecular complexity index is 963. The Balaban J connectivity index is 1.89. The van der Waals surface area contributed by atoms with Crippen LogP contribution in [0.25, 0.3) is 10.8 Å². The highest BCUT2D eigenvalue weighted by atomic mass is 16.4. The number of hydrogen-bond acceptors (Lipinski definition) is 4. The molecule has 0 fully saturated rings. The van der Waals surface area contributed by atoms with E-state index in [1.807, 2.05) is 24.3 Å². The van der Waals surface area contributed by atoms with Gasteiger partial charge in [0.2, 0.25) is 0 Å². The van der Waals surface area contributed by atoms with Crippen LogP contribution >= 0.6 is 0 Å². The van der Waals surface area contributed by atoms with Gasteiger partial charge < -0.3 is 15.1 Å². The van der Waals surface area contributed by atoms with Gasteiger partial charge in [-0.3, -0.25) is 9.78 Å². The second-order valence-corrected chi connectivity index (χ2v) is 5.75. The Morgan fingerprint density at radius 1 is 1.12 bits per heavy atom. The highest BCUT2D eigenvalue weighted by Crippen LogP contribution is 2.21. The fourth-order valence-electron chi connectivity index (χ4n) is 2.73. The van der Waals surface area contributed by atoms with Crippen molar-refractivity contribution in [2.45, 2.75) is 6.54 Å². The molecule has 3 aromatic rings. The number of carbonyl (C=O) groups is 2. The number of phenols is 1. The SMILES string of the molecule is CN(Cc1cccc2cnccc12)C(=O)c1cc(O)cc(C(=O)O)c1. The molecule has 6 heteroatoms. The molecule has 0 unspecified atom stereocenters. The predicted octanol–water partition coefficient (Wildman–Crippen LogP) is 2.91. The third-order valence-corrected chi connectivity index (χ3v) is 3.94. The quantitative estimate of drug-likeness (QED) is 0.764. The first-order valence-electron chi connectivity index (χ1n) is 7.60. The zero-order valence-electron chi connectivity index (χ0n) is 13.5. The molecule has 126 valence electrons. The molecule has 6 nitrogen and oxygen atoms in total. The highest BCUT2D eigenvalue weighted by molar-refractivity contribution is 5.98. The predicted molar refractivity (Wildman–Crippen MR) is 92.6 cm³/mol. The first-order valence-corrected chi connectivity index (χ1v) is 7.60. The fraction of sp³-hybridized carbons (Fsp3) is 0.105. The maximum atomic E-state index is 12.6. The summed E-state index contributed by atoms with van der Waals surface area (Å²) < 4.78 is 0. The second kappa shape index (κ2) is 6.60. The van der Waals surface area contributed by atoms with Gasteiger partial charge in [-0.05, 0) is 35.2 Å². The average Bonchev–Trinajstić information content (AvgIpc) is 2.60. The number of nitrogens with zero attached hydrogens (tertiary/aromatic N) is 2. The van der Waals surface area contributed by atoms with Crippen molar-refractivity contribution in [2.75, 3.05) is 7.05 Å². The Morgan fingerprint density at radius 2 is 1.88 bits per heavy atom. The zero-order valence-corrected chi connectivity index (χ0v) is 13.5. The van der Waals surface area contributed by atoms with E-state index in [1.54, 1.807) is 19.4 Å². The summed E-state index contributed by atoms with van der Waals surface area (Å²) >= 11 is 0. The molecule has 0 aliphatic heterocycles. The van der Waals surface area contributed by atoms with E-state index in [0.29, 0.717) is 6.54 Å². The van der Waals surface area contributed by atoms with Gasteiger partial charge in [-0.15, -0.1) is 0 Å². The molecule has 0 aliphatic carbocycles. The van der Waals surface area contributed by atoms with Gasteiger partial charge in [0.05, 0.1) is 5.56 Å². The molecule has 1 amide bonds. The third kappa shape index (κ3) is 3.42. The Hall–Kier alpha value is -3.41. The Labute approximate surface area is 144 Å². The van der Waals surface area contributed by atoms with Crippen LogP contribution in [0.15, 0.2) is 54.9 Å². The molecule has 25 heavy (non-hydrogen) atoms. The van der Waals surface area contributed by atoms with Gasteiger partial charge in [-0.25, -0.2) is 4.79 Å². The molecular weight excluding hydrogens is 320 g/mol. The number of amides is 1. The summed E-state index contributed by atoms with van der Waals surface area (Å²) in [6.45, 7) is 0.345. The van der Waals surface area contributed by atoms with Gasteiger partial charge in [-0.2, -0.15) is 0 Å². The maximum absolute atomic E-state index is 12.6. The molecule has 3 rings (SSSR count). The van der Waals surface area contributed by atoms with Crippen LogP contribution in [-0.2, 0) is 6.54 Å². The number of carbonyl (C=O) groups excluding carboxylic acids is 1. The molecule has 0 spiro atoms. The number of aromatic carboxylic acids is 1. The van der Waals surface area contributed by atoms with E-state index in [-0.39, 0.29) is 22.8 Å². The van der Waals surface area contributed by atoms with Crippen molar-refractivity contribution in [3.05, 3.63) is 71.5 Å². The lowest BCUT2D eigenvalue weighted by atomic mass is 10.1. The molecule has 0 bridgehead atoms. The normalized spacial score (nSPS) is 10.6. The van der Waals surface area contributed by atoms with Crippen molar-refractivity contribution in [1.82, 2.24) is 9.88 Å². The molecule has 0 aliphatic rings. The topological polar surface area (TPSA) is 90.7 Å². The van der Waals surface area contributed by atoms with Crippen molar-refractivity contribution >= 4 is 22.6 Å². The molecule has 0 saturated carbocycles. The minimum atomic E-state index is -1.20. The smallest absolute Gasteiger partial charge is 0.335 e. The minimum absolute atomic E-state index is 0.127. The van der Waals surface area contributed by atoms with Crippen LogP contribution in [0.1, 0.15) is 26.3 Å². The van der Waals surface area contributed by atoms with E-state index in [1.165, 1.54) is 17.0 Å². The number of fused-ring (bicyclic) bond motifs is 1. The van der Waals surface area contributed by atoms with Crippen molar-refractivity contribution in [3.8, 4) is 5.75 Å². The summed E-state index contributed by atoms with van der Waals surface area (Å²) in [5.41, 5.74) is 0.948. The van der Waals surface area contributed by atoms with Crippen LogP contribution in [0.4, 0.5) is 0 Å². The van der Waals surface area contributed by atoms with E-state index in [9.17, 15) is 14.7 Å². The summed E-state index contributed by atoms with van der Waals surface area (Å²) in [7, 11) is 1.63. The van der Waals surface area contributed by atoms with Crippen molar-refractivity contribution in [3.63, 3.8) is 0 Å². The average molecular weight is 336 g/mol. The van der Waals surface area contributed by atoms with Crippen LogP contribution in [-0.4, -0.2) is 39.0 Å². The summed E-state index contributed by atoms with van der Waals surface area (Å²) in [6, 6.07) is 11.3. The van der Waals surface area contributed by atoms with Gasteiger partial charge in [0, 0.05) is 36.9 Å². The molecule has 2 N–H and O–H groups in total. The van der Waals surface area contributed by atoms with Crippen LogP contribution in [0.5, 0.6) is 5.75 Å². The van der Waals surface area contributed by atoms with E-state index in [0.717, 1.165) is 22.4 Å². The number of phenolic OH excluding ortho intramolecular Hbond substituents is 1. The summed E-state index contributed by atoms with van der Waals surface area (Å²) in [6.07, 6.45) is 3.46. The lowest BCUT2D eigenvalue weighted by Gasteiger charge is -2.19. The molecule has 2 aromatic carbocycles. The monoisotopic (exact) mass is 336 g/mol. The third-order valence-electron chi connectivity index (χ3n) is 3.94. The Kier molecular flexibility index (Phi) is 4.35. The van der Waals surface area contributed by atoms with Crippen LogP contribution in [0, 0.1) is 0 Å². The van der Waals surface area contributed by atoms with Crippen molar-refractivity contribution < 1.29 is 19.8 Å². The first kappa shape index (κ1) is 16.4. The van der Waals surface area contributed by atoms with Crippen molar-refractivity contribution in [2.24, 2.45) is 0 Å². The van der Waals surface area contributed by atoms with Gasteiger partial charge in [0.1, 0.15) is 5.75 Å². The number of rotatable bonds is 4. The Morgan fingerprint density at radius 3 is 2.64 bits per heavy atom. The maximum Gasteiger partial charge on any atom is 0.335 e. The largest absolute Gasteiger partial charge is 0.508 e. The van der Waals surface area contributed by atoms with Crippen molar-refractivity contribution in [1.29, 1.82) is 0 Å². The lowest BCUT2D eigenvalue weighted by molar-refractivity contribution is 0.0696.